The molecule has 0 saturated heterocycles. The Labute approximate surface area is 152 Å². The van der Waals surface area contributed by atoms with Crippen molar-refractivity contribution in [2.75, 3.05) is 12.4 Å². The maximum Gasteiger partial charge on any atom is 0.342 e. The van der Waals surface area contributed by atoms with Gasteiger partial charge in [0, 0.05) is 16.1 Å². The average Bonchev–Trinajstić information content (AvgIpc) is 3.10. The van der Waals surface area contributed by atoms with E-state index in [1.54, 1.807) is 31.2 Å². The summed E-state index contributed by atoms with van der Waals surface area (Å²) in [5, 5.41) is 12.6. The fourth-order valence-corrected chi connectivity index (χ4v) is 4.81. The second-order valence-corrected chi connectivity index (χ2v) is 7.11. The van der Waals surface area contributed by atoms with Crippen LogP contribution >= 0.6 is 11.3 Å². The predicted octanol–water partition coefficient (Wildman–Crippen LogP) is 2.17. The second-order valence-electron chi connectivity index (χ2n) is 5.89. The molecule has 0 fully saturated rings. The van der Waals surface area contributed by atoms with Crippen molar-refractivity contribution in [3.63, 3.8) is 0 Å². The largest absolute Gasteiger partial charge is 0.465 e. The molecular weight excluding hydrogens is 354 g/mol. The van der Waals surface area contributed by atoms with Gasteiger partial charge in [0.1, 0.15) is 17.2 Å². The Kier molecular flexibility index (Phi) is 3.32. The van der Waals surface area contributed by atoms with Crippen molar-refractivity contribution in [3.05, 3.63) is 56.6 Å². The summed E-state index contributed by atoms with van der Waals surface area (Å²) in [7, 11) is 1.27. The molecule has 130 valence electrons. The molecule has 1 aromatic carbocycles. The lowest BCUT2D eigenvalue weighted by Crippen LogP contribution is -2.41. The monoisotopic (exact) mass is 367 g/mol. The smallest absolute Gasteiger partial charge is 0.342 e. The molecule has 7 nitrogen and oxygen atoms in total. The van der Waals surface area contributed by atoms with Gasteiger partial charge in [0.25, 0.3) is 0 Å². The number of esters is 1. The van der Waals surface area contributed by atoms with Crippen LogP contribution in [0.4, 0.5) is 5.69 Å². The Hall–Kier alpha value is -3.31. The Morgan fingerprint density at radius 1 is 1.42 bits per heavy atom. The number of para-hydroxylation sites is 1. The zero-order valence-corrected chi connectivity index (χ0v) is 14.7. The zero-order valence-electron chi connectivity index (χ0n) is 13.9. The number of hydrogen-bond donors (Lipinski definition) is 2. The molecule has 1 aromatic heterocycles. The molecule has 3 N–H and O–H groups in total. The summed E-state index contributed by atoms with van der Waals surface area (Å²) in [6, 6.07) is 9.12. The molecule has 0 unspecified atom stereocenters. The van der Waals surface area contributed by atoms with Crippen LogP contribution in [0.5, 0.6) is 5.75 Å². The maximum atomic E-state index is 13.1. The van der Waals surface area contributed by atoms with Gasteiger partial charge in [0.2, 0.25) is 11.8 Å². The Morgan fingerprint density at radius 3 is 2.85 bits per heavy atom. The molecule has 2 aliphatic rings. The van der Waals surface area contributed by atoms with Crippen molar-refractivity contribution in [2.24, 2.45) is 5.73 Å². The van der Waals surface area contributed by atoms with E-state index in [1.165, 1.54) is 18.4 Å². The molecule has 4 rings (SSSR count). The van der Waals surface area contributed by atoms with E-state index in [-0.39, 0.29) is 22.8 Å². The van der Waals surface area contributed by atoms with Crippen LogP contribution in [0.3, 0.4) is 0 Å². The Morgan fingerprint density at radius 2 is 2.15 bits per heavy atom. The van der Waals surface area contributed by atoms with Crippen molar-refractivity contribution in [3.8, 4) is 11.8 Å². The van der Waals surface area contributed by atoms with Crippen molar-refractivity contribution in [1.29, 1.82) is 5.26 Å². The van der Waals surface area contributed by atoms with Gasteiger partial charge in [0.05, 0.1) is 12.0 Å². The number of methoxy groups -OCH3 is 1. The van der Waals surface area contributed by atoms with Gasteiger partial charge in [-0.05, 0) is 13.0 Å². The van der Waals surface area contributed by atoms with E-state index >= 15 is 0 Å². The summed E-state index contributed by atoms with van der Waals surface area (Å²) in [4.78, 5) is 26.4. The fourth-order valence-electron chi connectivity index (χ4n) is 3.54. The molecule has 8 heteroatoms. The number of nitrogens with two attached hydrogens (primary N) is 1. The quantitative estimate of drug-likeness (QED) is 0.747. The third-order valence-corrected chi connectivity index (χ3v) is 5.84. The van der Waals surface area contributed by atoms with E-state index in [0.717, 1.165) is 0 Å². The van der Waals surface area contributed by atoms with Crippen LogP contribution < -0.4 is 15.8 Å². The van der Waals surface area contributed by atoms with E-state index < -0.39 is 17.3 Å². The highest BCUT2D eigenvalue weighted by molar-refractivity contribution is 7.13. The normalized spacial score (nSPS) is 20.1. The number of anilines is 1. The number of nitrogens with one attached hydrogen (secondary N) is 1. The van der Waals surface area contributed by atoms with Gasteiger partial charge in [-0.2, -0.15) is 5.26 Å². The Bertz CT molecular complexity index is 1060. The third kappa shape index (κ3) is 1.75. The van der Waals surface area contributed by atoms with E-state index in [0.29, 0.717) is 21.0 Å². The van der Waals surface area contributed by atoms with E-state index in [1.807, 2.05) is 6.07 Å². The molecule has 0 bridgehead atoms. The number of carbonyl (C=O) groups excluding carboxylic acids is 2. The summed E-state index contributed by atoms with van der Waals surface area (Å²) in [6.07, 6.45) is 0. The first kappa shape index (κ1) is 16.2. The fraction of sp³-hybridized carbons (Fsp3) is 0.167. The number of carbonyl (C=O) groups is 2. The number of nitriles is 1. The van der Waals surface area contributed by atoms with Crippen LogP contribution in [0, 0.1) is 18.3 Å². The molecule has 0 aliphatic carbocycles. The lowest BCUT2D eigenvalue weighted by molar-refractivity contribution is -0.118. The number of amides is 1. The Balaban J connectivity index is 2.13. The van der Waals surface area contributed by atoms with Crippen LogP contribution in [-0.2, 0) is 14.9 Å². The van der Waals surface area contributed by atoms with Gasteiger partial charge < -0.3 is 20.5 Å². The minimum Gasteiger partial charge on any atom is -0.465 e. The third-order valence-electron chi connectivity index (χ3n) is 4.64. The number of thiophene rings is 1. The SMILES string of the molecule is COC(=O)c1c(C)sc2c1OC(N)=C(C#N)[C@@]21C(=O)Nc2ccccc21. The van der Waals surface area contributed by atoms with Crippen molar-refractivity contribution in [2.45, 2.75) is 12.3 Å². The number of ether oxygens (including phenoxy) is 2. The summed E-state index contributed by atoms with van der Waals surface area (Å²) in [5.74, 6) is -1.02. The lowest BCUT2D eigenvalue weighted by atomic mass is 9.72. The van der Waals surface area contributed by atoms with Gasteiger partial charge in [-0.1, -0.05) is 18.2 Å². The highest BCUT2D eigenvalue weighted by atomic mass is 32.1. The molecule has 0 radical (unpaired) electrons. The summed E-state index contributed by atoms with van der Waals surface area (Å²) in [6.45, 7) is 1.73. The molecule has 1 amide bonds. The highest BCUT2D eigenvalue weighted by Crippen LogP contribution is 2.57. The molecule has 26 heavy (non-hydrogen) atoms. The first-order valence-corrected chi connectivity index (χ1v) is 8.49. The second kappa shape index (κ2) is 5.34. The molecule has 2 aliphatic heterocycles. The first-order chi connectivity index (χ1) is 12.5. The number of hydrogen-bond acceptors (Lipinski definition) is 7. The summed E-state index contributed by atoms with van der Waals surface area (Å²) in [5.41, 5.74) is 5.98. The van der Waals surface area contributed by atoms with Crippen molar-refractivity contribution < 1.29 is 19.1 Å². The van der Waals surface area contributed by atoms with Gasteiger partial charge in [-0.25, -0.2) is 4.79 Å². The van der Waals surface area contributed by atoms with Gasteiger partial charge >= 0.3 is 5.97 Å². The highest BCUT2D eigenvalue weighted by Gasteiger charge is 2.58. The number of aryl methyl sites for hydroxylation is 1. The van der Waals surface area contributed by atoms with Gasteiger partial charge in [-0.3, -0.25) is 4.79 Å². The minimum absolute atomic E-state index is 0.00474. The summed E-state index contributed by atoms with van der Waals surface area (Å²) >= 11 is 1.22. The lowest BCUT2D eigenvalue weighted by Gasteiger charge is -2.31. The molecule has 2 aromatic rings. The van der Waals surface area contributed by atoms with Crippen LogP contribution in [-0.4, -0.2) is 19.0 Å². The van der Waals surface area contributed by atoms with E-state index in [9.17, 15) is 14.9 Å². The maximum absolute atomic E-state index is 13.1. The molecule has 0 saturated carbocycles. The standard InChI is InChI=1S/C18H13N3O4S/c1-8-12(16(22)24-2)13-14(26-8)18(10(7-19)15(20)25-13)9-5-3-4-6-11(9)21-17(18)23/h3-6H,20H2,1-2H3,(H,21,23)/t18-/m1/s1. The molecule has 1 atom stereocenters. The van der Waals surface area contributed by atoms with Crippen LogP contribution in [0.1, 0.15) is 25.7 Å². The van der Waals surface area contributed by atoms with Gasteiger partial charge in [-0.15, -0.1) is 11.3 Å². The average molecular weight is 367 g/mol. The summed E-state index contributed by atoms with van der Waals surface area (Å²) < 4.78 is 10.5. The van der Waals surface area contributed by atoms with Crippen molar-refractivity contribution in [1.82, 2.24) is 0 Å². The minimum atomic E-state index is -1.44. The topological polar surface area (TPSA) is 114 Å². The number of benzene rings is 1. The molecular formula is C18H13N3O4S. The van der Waals surface area contributed by atoms with Crippen LogP contribution in [0.15, 0.2) is 35.7 Å². The van der Waals surface area contributed by atoms with Crippen molar-refractivity contribution >= 4 is 28.9 Å². The zero-order chi connectivity index (χ0) is 18.6. The van der Waals surface area contributed by atoms with Crippen LogP contribution in [0.2, 0.25) is 0 Å². The van der Waals surface area contributed by atoms with Gasteiger partial charge in [0.15, 0.2) is 11.2 Å². The molecule has 3 heterocycles. The number of rotatable bonds is 1. The predicted molar refractivity (Wildman–Crippen MR) is 93.7 cm³/mol. The first-order valence-electron chi connectivity index (χ1n) is 7.68. The number of fused-ring (bicyclic) bond motifs is 4. The van der Waals surface area contributed by atoms with Crippen LogP contribution in [0.25, 0.3) is 0 Å². The molecule has 1 spiro atoms. The van der Waals surface area contributed by atoms with E-state index in [4.69, 9.17) is 15.2 Å². The van der Waals surface area contributed by atoms with E-state index in [2.05, 4.69) is 5.32 Å². The number of nitrogens with zero attached hydrogens (tertiary/aromatic N) is 1.